The van der Waals surface area contributed by atoms with Crippen LogP contribution in [0.25, 0.3) is 0 Å². The Labute approximate surface area is 190 Å². The molecule has 1 aromatic heterocycles. The second-order valence-electron chi connectivity index (χ2n) is 6.71. The highest BCUT2D eigenvalue weighted by atomic mass is 127. The number of nitrogens with zero attached hydrogens (tertiary/aromatic N) is 5. The van der Waals surface area contributed by atoms with E-state index in [4.69, 9.17) is 9.73 Å². The van der Waals surface area contributed by atoms with Crippen LogP contribution in [0.1, 0.15) is 18.9 Å². The van der Waals surface area contributed by atoms with Crippen molar-refractivity contribution in [2.24, 2.45) is 4.99 Å². The zero-order valence-electron chi connectivity index (χ0n) is 17.3. The van der Waals surface area contributed by atoms with Crippen molar-refractivity contribution >= 4 is 35.9 Å². The summed E-state index contributed by atoms with van der Waals surface area (Å²) < 4.78 is 5.21. The molecule has 2 aromatic rings. The summed E-state index contributed by atoms with van der Waals surface area (Å²) in [7, 11) is 1.69. The topological polar surface area (TPSA) is 65.9 Å². The van der Waals surface area contributed by atoms with Gasteiger partial charge in [-0.15, -0.1) is 24.0 Å². The molecular formula is C21H31IN6O. The maximum Gasteiger partial charge on any atom is 0.225 e. The van der Waals surface area contributed by atoms with Crippen LogP contribution in [0.5, 0.6) is 5.75 Å². The Hall–Kier alpha value is -2.10. The van der Waals surface area contributed by atoms with Crippen molar-refractivity contribution in [1.29, 1.82) is 0 Å². The predicted molar refractivity (Wildman–Crippen MR) is 129 cm³/mol. The third kappa shape index (κ3) is 7.02. The van der Waals surface area contributed by atoms with Gasteiger partial charge in [0.15, 0.2) is 5.96 Å². The lowest BCUT2D eigenvalue weighted by Crippen LogP contribution is -2.53. The van der Waals surface area contributed by atoms with Crippen molar-refractivity contribution in [1.82, 2.24) is 20.2 Å². The van der Waals surface area contributed by atoms with E-state index in [1.807, 2.05) is 18.2 Å². The number of nitrogens with one attached hydrogen (secondary N) is 1. The maximum absolute atomic E-state index is 5.21. The Bertz CT molecular complexity index is 733. The largest absolute Gasteiger partial charge is 0.497 e. The molecule has 1 N–H and O–H groups in total. The van der Waals surface area contributed by atoms with Crippen molar-refractivity contribution in [3.8, 4) is 5.75 Å². The lowest BCUT2D eigenvalue weighted by atomic mass is 10.1. The van der Waals surface area contributed by atoms with Crippen molar-refractivity contribution in [3.63, 3.8) is 0 Å². The monoisotopic (exact) mass is 510 g/mol. The molecule has 0 bridgehead atoms. The third-order valence-electron chi connectivity index (χ3n) is 4.79. The van der Waals surface area contributed by atoms with Crippen LogP contribution >= 0.6 is 24.0 Å². The Balaban J connectivity index is 0.00000300. The van der Waals surface area contributed by atoms with Crippen LogP contribution in [0.2, 0.25) is 0 Å². The molecule has 3 rings (SSSR count). The molecule has 0 aliphatic carbocycles. The van der Waals surface area contributed by atoms with Gasteiger partial charge >= 0.3 is 0 Å². The van der Waals surface area contributed by atoms with E-state index >= 15 is 0 Å². The molecule has 1 saturated heterocycles. The Morgan fingerprint density at radius 3 is 2.41 bits per heavy atom. The minimum absolute atomic E-state index is 0. The van der Waals surface area contributed by atoms with Crippen molar-refractivity contribution < 1.29 is 4.74 Å². The molecule has 0 atom stereocenters. The Morgan fingerprint density at radius 1 is 1.10 bits per heavy atom. The molecule has 1 aliphatic heterocycles. The zero-order valence-corrected chi connectivity index (χ0v) is 19.6. The van der Waals surface area contributed by atoms with E-state index in [1.54, 1.807) is 19.5 Å². The summed E-state index contributed by atoms with van der Waals surface area (Å²) in [5.41, 5.74) is 1.32. The minimum atomic E-state index is 0. The zero-order chi connectivity index (χ0) is 19.6. The number of hydrogen-bond acceptors (Lipinski definition) is 5. The molecule has 8 heteroatoms. The summed E-state index contributed by atoms with van der Waals surface area (Å²) in [6.45, 7) is 7.45. The first-order valence-electron chi connectivity index (χ1n) is 9.98. The van der Waals surface area contributed by atoms with Crippen molar-refractivity contribution in [2.75, 3.05) is 51.3 Å². The van der Waals surface area contributed by atoms with Gasteiger partial charge in [-0.05, 0) is 43.5 Å². The van der Waals surface area contributed by atoms with Crippen molar-refractivity contribution in [3.05, 3.63) is 48.3 Å². The number of benzene rings is 1. The van der Waals surface area contributed by atoms with Gasteiger partial charge in [0.2, 0.25) is 5.95 Å². The molecule has 0 spiro atoms. The number of aryl methyl sites for hydroxylation is 1. The normalized spacial score (nSPS) is 14.3. The van der Waals surface area contributed by atoms with E-state index in [2.05, 4.69) is 44.1 Å². The summed E-state index contributed by atoms with van der Waals surface area (Å²) in [6, 6.07) is 10.1. The highest BCUT2D eigenvalue weighted by Crippen LogP contribution is 2.13. The number of aliphatic imine (C=N–C) groups is 1. The molecule has 0 amide bonds. The highest BCUT2D eigenvalue weighted by Gasteiger charge is 2.20. The molecule has 7 nitrogen and oxygen atoms in total. The van der Waals surface area contributed by atoms with Crippen LogP contribution in [0.4, 0.5) is 5.95 Å². The van der Waals surface area contributed by atoms with Crippen LogP contribution < -0.4 is 15.0 Å². The molecule has 158 valence electrons. The Morgan fingerprint density at radius 2 is 1.79 bits per heavy atom. The van der Waals surface area contributed by atoms with Crippen LogP contribution in [0, 0.1) is 0 Å². The average Bonchev–Trinajstić information content (AvgIpc) is 2.77. The van der Waals surface area contributed by atoms with E-state index in [9.17, 15) is 0 Å². The number of piperazine rings is 1. The molecule has 1 fully saturated rings. The van der Waals surface area contributed by atoms with E-state index in [1.165, 1.54) is 5.56 Å². The number of ether oxygens (including phenoxy) is 1. The first-order chi connectivity index (χ1) is 13.8. The fourth-order valence-corrected chi connectivity index (χ4v) is 3.26. The smallest absolute Gasteiger partial charge is 0.225 e. The molecule has 0 unspecified atom stereocenters. The second-order valence-corrected chi connectivity index (χ2v) is 6.71. The number of anilines is 1. The molecule has 2 heterocycles. The van der Waals surface area contributed by atoms with E-state index in [0.29, 0.717) is 0 Å². The molecule has 0 radical (unpaired) electrons. The van der Waals surface area contributed by atoms with Gasteiger partial charge in [0, 0.05) is 51.7 Å². The maximum atomic E-state index is 5.21. The summed E-state index contributed by atoms with van der Waals surface area (Å²) in [5, 5.41) is 3.43. The van der Waals surface area contributed by atoms with Gasteiger partial charge in [-0.1, -0.05) is 12.1 Å². The number of halogens is 1. The van der Waals surface area contributed by atoms with Gasteiger partial charge in [0.05, 0.1) is 7.11 Å². The minimum Gasteiger partial charge on any atom is -0.497 e. The lowest BCUT2D eigenvalue weighted by Gasteiger charge is -2.36. The summed E-state index contributed by atoms with van der Waals surface area (Å²) in [4.78, 5) is 18.1. The molecule has 29 heavy (non-hydrogen) atoms. The number of rotatable bonds is 7. The van der Waals surface area contributed by atoms with Crippen LogP contribution in [0.15, 0.2) is 47.7 Å². The van der Waals surface area contributed by atoms with Crippen LogP contribution in [-0.4, -0.2) is 67.2 Å². The van der Waals surface area contributed by atoms with Crippen molar-refractivity contribution in [2.45, 2.75) is 19.8 Å². The average molecular weight is 510 g/mol. The van der Waals surface area contributed by atoms with Gasteiger partial charge in [0.25, 0.3) is 0 Å². The van der Waals surface area contributed by atoms with Gasteiger partial charge < -0.3 is 19.9 Å². The number of methoxy groups -OCH3 is 1. The van der Waals surface area contributed by atoms with Gasteiger partial charge in [-0.25, -0.2) is 9.97 Å². The quantitative estimate of drug-likeness (QED) is 0.268. The van der Waals surface area contributed by atoms with Crippen LogP contribution in [0.3, 0.4) is 0 Å². The number of aromatic nitrogens is 2. The Kier molecular flexibility index (Phi) is 9.96. The third-order valence-corrected chi connectivity index (χ3v) is 4.79. The fourth-order valence-electron chi connectivity index (χ4n) is 3.26. The number of guanidine groups is 1. The van der Waals surface area contributed by atoms with E-state index in [0.717, 1.165) is 69.8 Å². The van der Waals surface area contributed by atoms with E-state index in [-0.39, 0.29) is 24.0 Å². The number of hydrogen-bond donors (Lipinski definition) is 1. The van der Waals surface area contributed by atoms with E-state index < -0.39 is 0 Å². The molecule has 1 aliphatic rings. The first kappa shape index (κ1) is 23.2. The SMILES string of the molecule is CCNC(=NCCCc1ccc(OC)cc1)N1CCN(c2ncccn2)CC1.I. The first-order valence-corrected chi connectivity index (χ1v) is 9.98. The lowest BCUT2D eigenvalue weighted by molar-refractivity contribution is 0.370. The molecule has 0 saturated carbocycles. The summed E-state index contributed by atoms with van der Waals surface area (Å²) in [6.07, 6.45) is 5.64. The second kappa shape index (κ2) is 12.5. The summed E-state index contributed by atoms with van der Waals surface area (Å²) >= 11 is 0. The van der Waals surface area contributed by atoms with Gasteiger partial charge in [0.1, 0.15) is 5.75 Å². The fraction of sp³-hybridized carbons (Fsp3) is 0.476. The van der Waals surface area contributed by atoms with Gasteiger partial charge in [-0.2, -0.15) is 0 Å². The molecular weight excluding hydrogens is 479 g/mol. The predicted octanol–water partition coefficient (Wildman–Crippen LogP) is 2.82. The molecule has 1 aromatic carbocycles. The van der Waals surface area contributed by atoms with Gasteiger partial charge in [-0.3, -0.25) is 4.99 Å². The standard InChI is InChI=1S/C21H30N6O.HI/c1-3-22-20(23-11-4-6-18-7-9-19(28-2)10-8-18)26-14-16-27(17-15-26)21-24-12-5-13-25-21;/h5,7-10,12-13H,3-4,6,11,14-17H2,1-2H3,(H,22,23);1H. The van der Waals surface area contributed by atoms with Crippen LogP contribution in [-0.2, 0) is 6.42 Å². The highest BCUT2D eigenvalue weighted by molar-refractivity contribution is 14.0. The summed E-state index contributed by atoms with van der Waals surface area (Å²) in [5.74, 6) is 2.71.